The Morgan fingerprint density at radius 2 is 2.22 bits per heavy atom. The molecule has 23 heavy (non-hydrogen) atoms. The first-order valence-electron chi connectivity index (χ1n) is 7.30. The number of nitrogens with one attached hydrogen (secondary N) is 2. The topological polar surface area (TPSA) is 54.1 Å². The van der Waals surface area contributed by atoms with E-state index in [0.717, 1.165) is 28.6 Å². The number of rotatable bonds is 6. The number of methoxy groups -OCH3 is 1. The van der Waals surface area contributed by atoms with Gasteiger partial charge in [-0.2, -0.15) is 0 Å². The quantitative estimate of drug-likeness (QED) is 0.574. The normalized spacial score (nSPS) is 10.9. The molecule has 0 aliphatic heterocycles. The van der Waals surface area contributed by atoms with Gasteiger partial charge in [0.2, 0.25) is 5.91 Å². The van der Waals surface area contributed by atoms with E-state index in [9.17, 15) is 4.79 Å². The average molecular weight is 440 g/mol. The lowest BCUT2D eigenvalue weighted by Gasteiger charge is -2.04. The highest BCUT2D eigenvalue weighted by atomic mass is 127. The molecule has 0 saturated heterocycles. The lowest BCUT2D eigenvalue weighted by molar-refractivity contribution is -0.120. The molecule has 2 heterocycles. The van der Waals surface area contributed by atoms with Crippen molar-refractivity contribution in [1.82, 2.24) is 10.3 Å². The minimum Gasteiger partial charge on any atom is -0.497 e. The van der Waals surface area contributed by atoms with E-state index >= 15 is 0 Å². The number of benzene rings is 1. The van der Waals surface area contributed by atoms with Crippen LogP contribution in [0.15, 0.2) is 36.5 Å². The van der Waals surface area contributed by atoms with E-state index in [1.165, 1.54) is 7.76 Å². The van der Waals surface area contributed by atoms with Crippen LogP contribution in [0.4, 0.5) is 0 Å². The zero-order chi connectivity index (χ0) is 16.2. The van der Waals surface area contributed by atoms with Crippen molar-refractivity contribution in [3.05, 3.63) is 49.9 Å². The number of hydrogen-bond donors (Lipinski definition) is 2. The molecule has 0 atom stereocenters. The Hall–Kier alpha value is -1.54. The van der Waals surface area contributed by atoms with E-state index in [1.807, 2.05) is 24.4 Å². The summed E-state index contributed by atoms with van der Waals surface area (Å²) in [6.07, 6.45) is 3.14. The van der Waals surface area contributed by atoms with Crippen LogP contribution in [-0.2, 0) is 17.6 Å². The van der Waals surface area contributed by atoms with Gasteiger partial charge in [-0.3, -0.25) is 4.79 Å². The number of amides is 1. The summed E-state index contributed by atoms with van der Waals surface area (Å²) in [5, 5.41) is 4.03. The number of halogens is 1. The molecule has 0 aliphatic carbocycles. The Kier molecular flexibility index (Phi) is 5.22. The molecule has 0 unspecified atom stereocenters. The third kappa shape index (κ3) is 4.06. The number of fused-ring (bicyclic) bond motifs is 1. The van der Waals surface area contributed by atoms with Gasteiger partial charge in [-0.15, -0.1) is 11.3 Å². The molecule has 0 aliphatic rings. The Labute approximate surface area is 152 Å². The zero-order valence-corrected chi connectivity index (χ0v) is 15.7. The summed E-state index contributed by atoms with van der Waals surface area (Å²) >= 11 is 4.08. The second kappa shape index (κ2) is 7.35. The maximum absolute atomic E-state index is 12.1. The Morgan fingerprint density at radius 1 is 1.35 bits per heavy atom. The van der Waals surface area contributed by atoms with Crippen molar-refractivity contribution in [3.8, 4) is 5.75 Å². The van der Waals surface area contributed by atoms with E-state index in [0.29, 0.717) is 13.0 Å². The molecule has 0 bridgehead atoms. The van der Waals surface area contributed by atoms with Gasteiger partial charge in [0.15, 0.2) is 0 Å². The van der Waals surface area contributed by atoms with Crippen LogP contribution in [0.1, 0.15) is 10.4 Å². The number of H-pyrrole nitrogens is 1. The van der Waals surface area contributed by atoms with Gasteiger partial charge in [0.05, 0.1) is 16.4 Å². The molecule has 1 aromatic carbocycles. The van der Waals surface area contributed by atoms with Crippen molar-refractivity contribution >= 4 is 50.7 Å². The number of carbonyl (C=O) groups excluding carboxylic acids is 1. The van der Waals surface area contributed by atoms with Crippen LogP contribution in [0, 0.1) is 2.88 Å². The van der Waals surface area contributed by atoms with Crippen LogP contribution in [0.25, 0.3) is 10.9 Å². The van der Waals surface area contributed by atoms with Crippen LogP contribution in [-0.4, -0.2) is 24.5 Å². The number of aromatic nitrogens is 1. The minimum atomic E-state index is 0.0416. The van der Waals surface area contributed by atoms with Crippen molar-refractivity contribution in [2.24, 2.45) is 0 Å². The van der Waals surface area contributed by atoms with Gasteiger partial charge in [-0.25, -0.2) is 0 Å². The summed E-state index contributed by atoms with van der Waals surface area (Å²) in [4.78, 5) is 16.6. The molecular weight excluding hydrogens is 423 g/mol. The van der Waals surface area contributed by atoms with Crippen LogP contribution in [0.5, 0.6) is 5.75 Å². The fourth-order valence-corrected chi connectivity index (χ4v) is 4.23. The molecule has 2 aromatic heterocycles. The third-order valence-electron chi connectivity index (χ3n) is 3.65. The Balaban J connectivity index is 1.59. The number of thiophene rings is 1. The smallest absolute Gasteiger partial charge is 0.224 e. The van der Waals surface area contributed by atoms with E-state index in [2.05, 4.69) is 45.0 Å². The highest BCUT2D eigenvalue weighted by Crippen LogP contribution is 2.24. The summed E-state index contributed by atoms with van der Waals surface area (Å²) in [5.41, 5.74) is 2.00. The highest BCUT2D eigenvalue weighted by molar-refractivity contribution is 14.1. The van der Waals surface area contributed by atoms with Gasteiger partial charge in [-0.1, -0.05) is 0 Å². The van der Waals surface area contributed by atoms with Gasteiger partial charge >= 0.3 is 0 Å². The van der Waals surface area contributed by atoms with E-state index in [4.69, 9.17) is 4.74 Å². The molecule has 3 rings (SSSR count). The van der Waals surface area contributed by atoms with Crippen molar-refractivity contribution in [2.75, 3.05) is 13.7 Å². The monoisotopic (exact) mass is 440 g/mol. The molecular formula is C17H17IN2O2S. The summed E-state index contributed by atoms with van der Waals surface area (Å²) in [6.45, 7) is 0.668. The molecule has 3 aromatic rings. The maximum Gasteiger partial charge on any atom is 0.224 e. The van der Waals surface area contributed by atoms with Crippen molar-refractivity contribution in [3.63, 3.8) is 0 Å². The molecule has 0 saturated carbocycles. The van der Waals surface area contributed by atoms with Gasteiger partial charge in [-0.05, 0) is 64.9 Å². The fraction of sp³-hybridized carbons (Fsp3) is 0.235. The lowest BCUT2D eigenvalue weighted by atomic mass is 10.1. The predicted octanol–water partition coefficient (Wildman–Crippen LogP) is 3.74. The number of hydrogen-bond acceptors (Lipinski definition) is 3. The van der Waals surface area contributed by atoms with Crippen LogP contribution in [0.2, 0.25) is 0 Å². The van der Waals surface area contributed by atoms with Crippen molar-refractivity contribution in [1.29, 1.82) is 0 Å². The standard InChI is InChI=1S/C17H17IN2O2S/c1-22-12-2-4-15-14(9-12)11(10-20-15)8-17(21)19-7-6-13-3-5-16(18)23-13/h2-5,9-10,20H,6-8H2,1H3,(H,19,21). The molecule has 120 valence electrons. The molecule has 4 nitrogen and oxygen atoms in total. The first-order valence-corrected chi connectivity index (χ1v) is 9.20. The fourth-order valence-electron chi connectivity index (χ4n) is 2.48. The number of aromatic amines is 1. The lowest BCUT2D eigenvalue weighted by Crippen LogP contribution is -2.27. The van der Waals surface area contributed by atoms with E-state index in [1.54, 1.807) is 18.4 Å². The average Bonchev–Trinajstić information content (AvgIpc) is 3.13. The summed E-state index contributed by atoms with van der Waals surface area (Å²) in [6, 6.07) is 10.0. The number of carbonyl (C=O) groups is 1. The largest absolute Gasteiger partial charge is 0.497 e. The summed E-state index contributed by atoms with van der Waals surface area (Å²) in [5.74, 6) is 0.839. The molecule has 2 N–H and O–H groups in total. The molecule has 0 fully saturated rings. The molecule has 0 radical (unpaired) electrons. The van der Waals surface area contributed by atoms with Crippen LogP contribution >= 0.6 is 33.9 Å². The summed E-state index contributed by atoms with van der Waals surface area (Å²) < 4.78 is 6.53. The second-order valence-corrected chi connectivity index (χ2v) is 8.27. The minimum absolute atomic E-state index is 0.0416. The van der Waals surface area contributed by atoms with E-state index in [-0.39, 0.29) is 5.91 Å². The van der Waals surface area contributed by atoms with Gasteiger partial charge in [0.25, 0.3) is 0 Å². The molecule has 0 spiro atoms. The van der Waals surface area contributed by atoms with Gasteiger partial charge in [0, 0.05) is 28.5 Å². The van der Waals surface area contributed by atoms with Crippen molar-refractivity contribution < 1.29 is 9.53 Å². The Morgan fingerprint density at radius 3 is 2.96 bits per heavy atom. The molecule has 1 amide bonds. The zero-order valence-electron chi connectivity index (χ0n) is 12.7. The highest BCUT2D eigenvalue weighted by Gasteiger charge is 2.09. The summed E-state index contributed by atoms with van der Waals surface area (Å²) in [7, 11) is 1.64. The third-order valence-corrected chi connectivity index (χ3v) is 5.60. The van der Waals surface area contributed by atoms with Crippen molar-refractivity contribution in [2.45, 2.75) is 12.8 Å². The number of ether oxygens (including phenoxy) is 1. The predicted molar refractivity (Wildman–Crippen MR) is 102 cm³/mol. The van der Waals surface area contributed by atoms with Crippen LogP contribution < -0.4 is 10.1 Å². The SMILES string of the molecule is COc1ccc2[nH]cc(CC(=O)NCCc3ccc(I)s3)c2c1. The first-order chi connectivity index (χ1) is 11.2. The van der Waals surface area contributed by atoms with Crippen LogP contribution in [0.3, 0.4) is 0 Å². The van der Waals surface area contributed by atoms with Gasteiger partial charge < -0.3 is 15.0 Å². The Bertz CT molecular complexity index is 825. The maximum atomic E-state index is 12.1. The first kappa shape index (κ1) is 16.3. The van der Waals surface area contributed by atoms with Gasteiger partial charge in [0.1, 0.15) is 5.75 Å². The second-order valence-electron chi connectivity index (χ2n) is 5.21. The molecule has 6 heteroatoms. The van der Waals surface area contributed by atoms with E-state index < -0.39 is 0 Å².